The smallest absolute Gasteiger partial charge is 0.111 e. The van der Waals surface area contributed by atoms with Crippen molar-refractivity contribution in [2.24, 2.45) is 23.7 Å². The highest BCUT2D eigenvalue weighted by Crippen LogP contribution is 2.14. The van der Waals surface area contributed by atoms with E-state index in [1.165, 1.54) is 167 Å². The first-order chi connectivity index (χ1) is 53.5. The SMILES string of the molecule is [CH2-][NH+](C)C1CCCOC1.[CH2-][NH+](C)C1CCOC1.[CH2-][NH+](C)C1CCOCC1.[CH2-][NH+](C)C1COC1.[CH2-][NH+](C)CC1CCCCO1.[CH2-][NH+](C)CC1CCCO1.[CH2-][NH+](C)CC1CCCOC1.[CH2-][NH+](C)CC1CCOC1.[CH2-][NH+](C)CC1CCOCC1.[CH2-][NH+](C)CC1COC1.[CH2-][NH+](C)CCCOCC.[CH2-][NH+](C)CCCOCc1ccccc1. The maximum absolute atomic E-state index is 5.53. The summed E-state index contributed by atoms with van der Waals surface area (Å²) in [6.07, 6.45) is 21.7. The molecule has 24 heteroatoms. The lowest BCUT2D eigenvalue weighted by Gasteiger charge is -2.33. The Hall–Kier alpha value is -1.74. The molecule has 112 heavy (non-hydrogen) atoms. The third-order valence-electron chi connectivity index (χ3n) is 20.2. The summed E-state index contributed by atoms with van der Waals surface area (Å²) >= 11 is 0. The van der Waals surface area contributed by atoms with Gasteiger partial charge in [0.05, 0.1) is 169 Å². The second-order valence-electron chi connectivity index (χ2n) is 33.7. The van der Waals surface area contributed by atoms with Crippen LogP contribution in [0.4, 0.5) is 0 Å². The van der Waals surface area contributed by atoms with Crippen molar-refractivity contribution in [3.8, 4) is 0 Å². The molecule has 1 aromatic rings. The average molecular weight is 1600 g/mol. The van der Waals surface area contributed by atoms with Crippen molar-refractivity contribution < 1.29 is 116 Å². The summed E-state index contributed by atoms with van der Waals surface area (Å²) < 4.78 is 63.0. The van der Waals surface area contributed by atoms with E-state index in [1.807, 2.05) is 39.2 Å². The van der Waals surface area contributed by atoms with Crippen LogP contribution in [0.15, 0.2) is 30.3 Å². The Kier molecular flexibility index (Phi) is 73.2. The quantitative estimate of drug-likeness (QED) is 0.0300. The number of nitrogens with one attached hydrogen (secondary N) is 12. The second-order valence-corrected chi connectivity index (χ2v) is 33.7. The van der Waals surface area contributed by atoms with Crippen molar-refractivity contribution in [2.45, 2.75) is 159 Å². The zero-order valence-electron chi connectivity index (χ0n) is 74.8. The maximum Gasteiger partial charge on any atom is 0.111 e. The van der Waals surface area contributed by atoms with Crippen LogP contribution in [0.2, 0.25) is 0 Å². The molecule has 0 bridgehead atoms. The first kappa shape index (κ1) is 110. The van der Waals surface area contributed by atoms with Gasteiger partial charge in [-0.1, -0.05) is 30.3 Å². The Bertz CT molecular complexity index is 1960. The van der Waals surface area contributed by atoms with Gasteiger partial charge in [-0.05, 0) is 83.1 Å². The number of likely N-dealkylation sites (N-methyl/N-ethyl adjacent to an activating group) is 5. The molecular formula is C88H184N12O12. The summed E-state index contributed by atoms with van der Waals surface area (Å²) in [6, 6.07) is 12.9. The number of ether oxygens (including phenoxy) is 12. The van der Waals surface area contributed by atoms with Crippen LogP contribution in [0.1, 0.15) is 122 Å². The summed E-state index contributed by atoms with van der Waals surface area (Å²) in [5, 5.41) is 0. The molecule has 12 N–H and O–H groups in total. The Morgan fingerprint density at radius 2 is 0.661 bits per heavy atom. The molecule has 10 fully saturated rings. The monoisotopic (exact) mass is 1600 g/mol. The third kappa shape index (κ3) is 70.1. The summed E-state index contributed by atoms with van der Waals surface area (Å²) in [4.78, 5) is 15.2. The van der Waals surface area contributed by atoms with E-state index in [0.717, 1.165) is 234 Å². The lowest BCUT2D eigenvalue weighted by molar-refractivity contribution is -0.871. The molecule has 10 saturated heterocycles. The van der Waals surface area contributed by atoms with Gasteiger partial charge < -0.3 is 116 Å². The number of hydrogen-bond donors (Lipinski definition) is 12. The summed E-state index contributed by atoms with van der Waals surface area (Å²) in [7, 11) is 71.2. The molecule has 0 spiro atoms. The van der Waals surface area contributed by atoms with Crippen LogP contribution in [0.25, 0.3) is 0 Å². The van der Waals surface area contributed by atoms with Crippen molar-refractivity contribution in [2.75, 3.05) is 276 Å². The highest BCUT2D eigenvalue weighted by molar-refractivity contribution is 5.13. The van der Waals surface area contributed by atoms with Crippen LogP contribution in [-0.4, -0.2) is 312 Å². The van der Waals surface area contributed by atoms with Gasteiger partial charge >= 0.3 is 0 Å². The van der Waals surface area contributed by atoms with Gasteiger partial charge in [-0.2, -0.15) is 84.6 Å². The number of quaternary nitrogens is 12. The van der Waals surface area contributed by atoms with E-state index >= 15 is 0 Å². The van der Waals surface area contributed by atoms with E-state index in [1.54, 1.807) is 0 Å². The van der Waals surface area contributed by atoms with E-state index in [0.29, 0.717) is 30.3 Å². The first-order valence-electron chi connectivity index (χ1n) is 43.3. The zero-order valence-corrected chi connectivity index (χ0v) is 74.8. The Balaban J connectivity index is 0.00000120. The van der Waals surface area contributed by atoms with Crippen molar-refractivity contribution in [3.05, 3.63) is 120 Å². The molecule has 10 aliphatic heterocycles. The lowest BCUT2D eigenvalue weighted by Crippen LogP contribution is -3.11. The normalized spacial score (nSPS) is 25.6. The fraction of sp³-hybridized carbons (Fsp3) is 0.795. The van der Waals surface area contributed by atoms with Gasteiger partial charge in [0, 0.05) is 194 Å². The molecule has 10 aliphatic rings. The molecule has 0 aliphatic carbocycles. The van der Waals surface area contributed by atoms with Crippen molar-refractivity contribution in [1.82, 2.24) is 0 Å². The fourth-order valence-electron chi connectivity index (χ4n) is 13.2. The van der Waals surface area contributed by atoms with Crippen LogP contribution in [-0.2, 0) is 63.4 Å². The Morgan fingerprint density at radius 1 is 0.304 bits per heavy atom. The molecule has 0 aromatic heterocycles. The molecular weight excluding hydrogens is 1420 g/mol. The van der Waals surface area contributed by atoms with E-state index in [9.17, 15) is 0 Å². The molecule has 18 unspecified atom stereocenters. The van der Waals surface area contributed by atoms with Gasteiger partial charge in [-0.25, -0.2) is 0 Å². The van der Waals surface area contributed by atoms with Gasteiger partial charge in [0.15, 0.2) is 0 Å². The van der Waals surface area contributed by atoms with Crippen LogP contribution < -0.4 is 58.8 Å². The summed E-state index contributed by atoms with van der Waals surface area (Å²) in [5.41, 5.74) is 1.24. The van der Waals surface area contributed by atoms with Crippen molar-refractivity contribution in [3.63, 3.8) is 0 Å². The predicted molar refractivity (Wildman–Crippen MR) is 452 cm³/mol. The fourth-order valence-corrected chi connectivity index (χ4v) is 13.2. The van der Waals surface area contributed by atoms with Gasteiger partial charge in [-0.3, -0.25) is 0 Å². The molecule has 0 saturated carbocycles. The summed E-state index contributed by atoms with van der Waals surface area (Å²) in [5.74, 6) is 3.16. The molecule has 11 rings (SSSR count). The molecule has 10 heterocycles. The molecule has 18 atom stereocenters. The maximum atomic E-state index is 5.53. The van der Waals surface area contributed by atoms with E-state index in [2.05, 4.69) is 167 Å². The van der Waals surface area contributed by atoms with E-state index in [4.69, 9.17) is 56.8 Å². The van der Waals surface area contributed by atoms with Crippen molar-refractivity contribution in [1.29, 1.82) is 0 Å². The van der Waals surface area contributed by atoms with Gasteiger partial charge in [0.1, 0.15) is 18.2 Å². The second kappa shape index (κ2) is 74.3. The van der Waals surface area contributed by atoms with Crippen LogP contribution in [0.5, 0.6) is 0 Å². The van der Waals surface area contributed by atoms with Gasteiger partial charge in [0.25, 0.3) is 0 Å². The number of rotatable bonds is 27. The van der Waals surface area contributed by atoms with Gasteiger partial charge in [0.2, 0.25) is 0 Å². The van der Waals surface area contributed by atoms with E-state index < -0.39 is 0 Å². The zero-order chi connectivity index (χ0) is 83.5. The minimum atomic E-state index is 0.478. The van der Waals surface area contributed by atoms with Crippen LogP contribution >= 0.6 is 0 Å². The largest absolute Gasteiger partial charge is 0.470 e. The number of hydrogen-bond acceptors (Lipinski definition) is 12. The molecule has 0 amide bonds. The Morgan fingerprint density at radius 3 is 1.00 bits per heavy atom. The lowest BCUT2D eigenvalue weighted by atomic mass is 10.0. The highest BCUT2D eigenvalue weighted by atomic mass is 16.5. The van der Waals surface area contributed by atoms with Gasteiger partial charge in [-0.15, -0.1) is 0 Å². The predicted octanol–water partition coefficient (Wildman–Crippen LogP) is -5.62. The first-order valence-corrected chi connectivity index (χ1v) is 43.3. The molecule has 24 nitrogen and oxygen atoms in total. The molecule has 668 valence electrons. The summed E-state index contributed by atoms with van der Waals surface area (Å²) in [6.45, 7) is 31.1. The van der Waals surface area contributed by atoms with E-state index in [-0.39, 0.29) is 0 Å². The van der Waals surface area contributed by atoms with Crippen molar-refractivity contribution >= 4 is 0 Å². The minimum Gasteiger partial charge on any atom is -0.470 e. The third-order valence-corrected chi connectivity index (χ3v) is 20.2. The van der Waals surface area contributed by atoms with Crippen LogP contribution in [0.3, 0.4) is 0 Å². The standard InChI is InChI=1S/C12H19NO.3C8H17NO.4C7H15NO.C7H17NO.2C6H13NO.C5H11NO/c1-13(2)9-6-10-14-11-12-7-4-3-5-8-12;1-9(2)7-8-3-5-10-6-4-8;1-9(2)6-8-4-3-5-10-7-8;1-9(2)7-8-5-3-4-6-10-8;1-8(2)7-3-5-9-6-4-7;1-8(2)5-7-3-4-9-6-7;1-8(2)7-4-3-5-9-6-7;1-8(2)6-7-4-3-5-9-7;1-4-9-7-5-6-8(2)3;1-7(2)3-6-4-8-5-6;1-7(2)6-3-4-8-5-6;1-6(2)5-3-7-4-5/h3-5,7-8,13H,1,6,9-11H2,2H3;3*8-9H,1,3-7H2,2H3;4*7-8H,1,3-6H2,2H3;8H,2,4-7H2,1,3H3;2*6-7H,1,3-5H2,2H3;5-6H,1,3-4H2,2H3. The minimum absolute atomic E-state index is 0.478. The average Bonchev–Trinajstić information content (AvgIpc) is 1.07. The molecule has 1 aromatic carbocycles. The highest BCUT2D eigenvalue weighted by Gasteiger charge is 2.23. The Labute approximate surface area is 691 Å². The molecule has 0 radical (unpaired) electrons. The number of benzene rings is 1. The van der Waals surface area contributed by atoms with Crippen LogP contribution in [0, 0.1) is 108 Å². The topological polar surface area (TPSA) is 164 Å².